The molecule has 1 aromatic heterocycles. The van der Waals surface area contributed by atoms with Gasteiger partial charge in [0.15, 0.2) is 5.03 Å². The van der Waals surface area contributed by atoms with Crippen molar-refractivity contribution in [2.75, 3.05) is 27.2 Å². The SMILES string of the molecule is CN(C)C1CCCN(S(=O)(=O)c2ccc(CN)cn2)C1. The summed E-state index contributed by atoms with van der Waals surface area (Å²) < 4.78 is 26.7. The highest BCUT2D eigenvalue weighted by molar-refractivity contribution is 7.89. The Balaban J connectivity index is 2.20. The molecule has 2 rings (SSSR count). The lowest BCUT2D eigenvalue weighted by molar-refractivity contribution is 0.190. The second kappa shape index (κ2) is 6.17. The number of sulfonamides is 1. The van der Waals surface area contributed by atoms with Crippen LogP contribution in [0, 0.1) is 0 Å². The fourth-order valence-corrected chi connectivity index (χ4v) is 3.81. The highest BCUT2D eigenvalue weighted by Crippen LogP contribution is 2.21. The molecular formula is C13H22N4O2S. The van der Waals surface area contributed by atoms with Crippen molar-refractivity contribution in [3.8, 4) is 0 Å². The van der Waals surface area contributed by atoms with Gasteiger partial charge >= 0.3 is 0 Å². The first-order valence-electron chi connectivity index (χ1n) is 6.76. The lowest BCUT2D eigenvalue weighted by Crippen LogP contribution is -2.47. The maximum absolute atomic E-state index is 12.6. The molecule has 0 amide bonds. The summed E-state index contributed by atoms with van der Waals surface area (Å²) in [7, 11) is 0.464. The molecule has 112 valence electrons. The summed E-state index contributed by atoms with van der Waals surface area (Å²) in [6.07, 6.45) is 3.43. The third-order valence-corrected chi connectivity index (χ3v) is 5.51. The van der Waals surface area contributed by atoms with Crippen molar-refractivity contribution < 1.29 is 8.42 Å². The molecular weight excluding hydrogens is 276 g/mol. The van der Waals surface area contributed by atoms with E-state index in [2.05, 4.69) is 9.88 Å². The lowest BCUT2D eigenvalue weighted by Gasteiger charge is -2.35. The van der Waals surface area contributed by atoms with E-state index in [4.69, 9.17) is 5.73 Å². The Hall–Kier alpha value is -1.02. The number of hydrogen-bond acceptors (Lipinski definition) is 5. The molecule has 2 heterocycles. The number of nitrogens with two attached hydrogens (primary N) is 1. The number of nitrogens with zero attached hydrogens (tertiary/aromatic N) is 3. The minimum absolute atomic E-state index is 0.106. The molecule has 2 N–H and O–H groups in total. The quantitative estimate of drug-likeness (QED) is 0.862. The maximum Gasteiger partial charge on any atom is 0.260 e. The van der Waals surface area contributed by atoms with Crippen molar-refractivity contribution >= 4 is 10.0 Å². The van der Waals surface area contributed by atoms with Crippen molar-refractivity contribution in [2.45, 2.75) is 30.5 Å². The Morgan fingerprint density at radius 1 is 1.45 bits per heavy atom. The van der Waals surface area contributed by atoms with E-state index in [1.54, 1.807) is 6.07 Å². The molecule has 7 heteroatoms. The van der Waals surface area contributed by atoms with Crippen LogP contribution in [0.5, 0.6) is 0 Å². The van der Waals surface area contributed by atoms with Gasteiger partial charge in [-0.1, -0.05) is 6.07 Å². The fourth-order valence-electron chi connectivity index (χ4n) is 2.38. The zero-order valence-corrected chi connectivity index (χ0v) is 12.8. The van der Waals surface area contributed by atoms with Crippen molar-refractivity contribution in [2.24, 2.45) is 5.73 Å². The Kier molecular flexibility index (Phi) is 4.74. The van der Waals surface area contributed by atoms with Gasteiger partial charge < -0.3 is 10.6 Å². The van der Waals surface area contributed by atoms with Crippen LogP contribution in [0.2, 0.25) is 0 Å². The second-order valence-electron chi connectivity index (χ2n) is 5.33. The molecule has 0 saturated carbocycles. The predicted molar refractivity (Wildman–Crippen MR) is 77.6 cm³/mol. The van der Waals surface area contributed by atoms with Crippen molar-refractivity contribution in [1.82, 2.24) is 14.2 Å². The number of piperidine rings is 1. The molecule has 1 aliphatic rings. The number of pyridine rings is 1. The minimum atomic E-state index is -3.50. The van der Waals surface area contributed by atoms with Crippen LogP contribution in [0.25, 0.3) is 0 Å². The van der Waals surface area contributed by atoms with Crippen LogP contribution in [-0.4, -0.2) is 55.8 Å². The smallest absolute Gasteiger partial charge is 0.260 e. The zero-order chi connectivity index (χ0) is 14.8. The molecule has 1 aliphatic heterocycles. The van der Waals surface area contributed by atoms with Gasteiger partial charge in [0.05, 0.1) is 0 Å². The van der Waals surface area contributed by atoms with Crippen molar-refractivity contribution in [3.05, 3.63) is 23.9 Å². The van der Waals surface area contributed by atoms with E-state index in [-0.39, 0.29) is 11.1 Å². The van der Waals surface area contributed by atoms with Crippen LogP contribution in [0.3, 0.4) is 0 Å². The van der Waals surface area contributed by atoms with Crippen LogP contribution >= 0.6 is 0 Å². The zero-order valence-electron chi connectivity index (χ0n) is 12.0. The highest BCUT2D eigenvalue weighted by Gasteiger charge is 2.31. The van der Waals surface area contributed by atoms with E-state index in [1.165, 1.54) is 16.6 Å². The number of rotatable bonds is 4. The fraction of sp³-hybridized carbons (Fsp3) is 0.615. The number of likely N-dealkylation sites (N-methyl/N-ethyl adjacent to an activating group) is 1. The molecule has 1 saturated heterocycles. The summed E-state index contributed by atoms with van der Waals surface area (Å²) in [6.45, 7) is 1.45. The first-order chi connectivity index (χ1) is 9.45. The Labute approximate surface area is 120 Å². The minimum Gasteiger partial charge on any atom is -0.326 e. The third kappa shape index (κ3) is 3.17. The first kappa shape index (κ1) is 15.4. The van der Waals surface area contributed by atoms with Gasteiger partial charge in [-0.15, -0.1) is 0 Å². The predicted octanol–water partition coefficient (Wildman–Crippen LogP) is 0.255. The van der Waals surface area contributed by atoms with Gasteiger partial charge in [-0.05, 0) is 38.6 Å². The summed E-state index contributed by atoms with van der Waals surface area (Å²) in [5, 5.41) is 0.106. The van der Waals surface area contributed by atoms with Gasteiger partial charge in [-0.25, -0.2) is 13.4 Å². The van der Waals surface area contributed by atoms with Crippen LogP contribution in [0.15, 0.2) is 23.4 Å². The van der Waals surface area contributed by atoms with E-state index in [0.717, 1.165) is 18.4 Å². The van der Waals surface area contributed by atoms with Crippen LogP contribution in [0.4, 0.5) is 0 Å². The molecule has 0 radical (unpaired) electrons. The lowest BCUT2D eigenvalue weighted by atomic mass is 10.1. The summed E-state index contributed by atoms with van der Waals surface area (Å²) in [6, 6.07) is 3.52. The molecule has 1 atom stereocenters. The Morgan fingerprint density at radius 3 is 2.75 bits per heavy atom. The number of aromatic nitrogens is 1. The van der Waals surface area contributed by atoms with Crippen molar-refractivity contribution in [3.63, 3.8) is 0 Å². The molecule has 1 unspecified atom stereocenters. The maximum atomic E-state index is 12.6. The average Bonchev–Trinajstić information content (AvgIpc) is 2.47. The van der Waals surface area contributed by atoms with Crippen LogP contribution < -0.4 is 5.73 Å². The van der Waals surface area contributed by atoms with E-state index in [9.17, 15) is 8.42 Å². The van der Waals surface area contributed by atoms with Gasteiger partial charge in [0.25, 0.3) is 10.0 Å². The average molecular weight is 298 g/mol. The molecule has 1 fully saturated rings. The first-order valence-corrected chi connectivity index (χ1v) is 8.20. The highest BCUT2D eigenvalue weighted by atomic mass is 32.2. The monoisotopic (exact) mass is 298 g/mol. The van der Waals surface area contributed by atoms with Gasteiger partial charge in [0.2, 0.25) is 0 Å². The van der Waals surface area contributed by atoms with Gasteiger partial charge in [-0.3, -0.25) is 0 Å². The van der Waals surface area contributed by atoms with Crippen LogP contribution in [-0.2, 0) is 16.6 Å². The standard InChI is InChI=1S/C13H22N4O2S/c1-16(2)12-4-3-7-17(10-12)20(18,19)13-6-5-11(8-14)9-15-13/h5-6,9,12H,3-4,7-8,10,14H2,1-2H3. The van der Waals surface area contributed by atoms with Gasteiger partial charge in [0, 0.05) is 31.9 Å². The topological polar surface area (TPSA) is 79.5 Å². The molecule has 0 aromatic carbocycles. The van der Waals surface area contributed by atoms with Crippen LogP contribution in [0.1, 0.15) is 18.4 Å². The molecule has 6 nitrogen and oxygen atoms in total. The molecule has 0 spiro atoms. The summed E-state index contributed by atoms with van der Waals surface area (Å²) in [4.78, 5) is 6.12. The van der Waals surface area contributed by atoms with Gasteiger partial charge in [0.1, 0.15) is 0 Å². The van der Waals surface area contributed by atoms with E-state index in [1.807, 2.05) is 14.1 Å². The second-order valence-corrected chi connectivity index (χ2v) is 7.22. The van der Waals surface area contributed by atoms with E-state index >= 15 is 0 Å². The Morgan fingerprint density at radius 2 is 2.20 bits per heavy atom. The molecule has 1 aromatic rings. The summed E-state index contributed by atoms with van der Waals surface area (Å²) >= 11 is 0. The largest absolute Gasteiger partial charge is 0.326 e. The molecule has 0 bridgehead atoms. The van der Waals surface area contributed by atoms with E-state index in [0.29, 0.717) is 19.6 Å². The number of hydrogen-bond donors (Lipinski definition) is 1. The molecule has 0 aliphatic carbocycles. The Bertz CT molecular complexity index is 542. The summed E-state index contributed by atoms with van der Waals surface area (Å²) in [5.74, 6) is 0. The van der Waals surface area contributed by atoms with E-state index < -0.39 is 10.0 Å². The molecule has 20 heavy (non-hydrogen) atoms. The third-order valence-electron chi connectivity index (χ3n) is 3.73. The summed E-state index contributed by atoms with van der Waals surface area (Å²) in [5.41, 5.74) is 6.33. The van der Waals surface area contributed by atoms with Crippen molar-refractivity contribution in [1.29, 1.82) is 0 Å². The van der Waals surface area contributed by atoms with Gasteiger partial charge in [-0.2, -0.15) is 4.31 Å². The normalized spacial score (nSPS) is 21.3.